The van der Waals surface area contributed by atoms with Gasteiger partial charge in [0.2, 0.25) is 0 Å². The molecule has 43 heavy (non-hydrogen) atoms. The van der Waals surface area contributed by atoms with Crippen LogP contribution in [0.25, 0.3) is 0 Å². The minimum atomic E-state index is -3.85. The van der Waals surface area contributed by atoms with Gasteiger partial charge in [-0.2, -0.15) is 13.8 Å². The summed E-state index contributed by atoms with van der Waals surface area (Å²) >= 11 is 18.3. The molecule has 1 amide bonds. The Kier molecular flexibility index (Phi) is 11.1. The Morgan fingerprint density at radius 2 is 1.67 bits per heavy atom. The van der Waals surface area contributed by atoms with E-state index in [2.05, 4.69) is 16.1 Å². The molecule has 3 aromatic carbocycles. The lowest BCUT2D eigenvalue weighted by atomic mass is 9.75. The van der Waals surface area contributed by atoms with E-state index >= 15 is 0 Å². The van der Waals surface area contributed by atoms with Gasteiger partial charge in [-0.25, -0.2) is 0 Å². The molecule has 0 aromatic heterocycles. The fourth-order valence-corrected chi connectivity index (χ4v) is 7.59. The first-order valence-corrected chi connectivity index (χ1v) is 16.7. The molecule has 2 aliphatic rings. The average molecular weight is 690 g/mol. The van der Waals surface area contributed by atoms with E-state index in [0.29, 0.717) is 20.8 Å². The zero-order valence-corrected chi connectivity index (χ0v) is 27.5. The molecule has 3 aromatic rings. The summed E-state index contributed by atoms with van der Waals surface area (Å²) in [5, 5.41) is 8.07. The quantitative estimate of drug-likeness (QED) is 0.248. The highest BCUT2D eigenvalue weighted by molar-refractivity contribution is 7.90. The molecular weight excluding hydrogens is 654 g/mol. The molecule has 8 nitrogen and oxygen atoms in total. The minimum absolute atomic E-state index is 0. The molecule has 2 unspecified atom stereocenters. The van der Waals surface area contributed by atoms with Gasteiger partial charge in [0, 0.05) is 23.2 Å². The van der Waals surface area contributed by atoms with Gasteiger partial charge in [-0.05, 0) is 61.3 Å². The first kappa shape index (κ1) is 34.0. The maximum absolute atomic E-state index is 14.1. The summed E-state index contributed by atoms with van der Waals surface area (Å²) in [7, 11) is -3.85. The molecule has 1 fully saturated rings. The second-order valence-electron chi connectivity index (χ2n) is 11.0. The normalized spacial score (nSPS) is 19.8. The van der Waals surface area contributed by atoms with E-state index in [0.717, 1.165) is 42.6 Å². The van der Waals surface area contributed by atoms with Crippen molar-refractivity contribution in [2.45, 2.75) is 37.5 Å². The van der Waals surface area contributed by atoms with Crippen LogP contribution in [-0.4, -0.2) is 52.9 Å². The van der Waals surface area contributed by atoms with Crippen LogP contribution < -0.4 is 20.1 Å². The largest absolute Gasteiger partial charge is 0.375 e. The molecule has 3 N–H and O–H groups in total. The number of nitrogens with zero attached hydrogens (tertiary/aromatic N) is 1. The third-order valence-corrected chi connectivity index (χ3v) is 10.7. The maximum atomic E-state index is 14.1. The first-order chi connectivity index (χ1) is 20.0. The fraction of sp³-hybridized carbons (Fsp3) is 0.367. The second-order valence-corrected chi connectivity index (χ2v) is 14.3. The van der Waals surface area contributed by atoms with Crippen molar-refractivity contribution < 1.29 is 17.9 Å². The van der Waals surface area contributed by atoms with Crippen molar-refractivity contribution >= 4 is 68.8 Å². The van der Waals surface area contributed by atoms with E-state index in [-0.39, 0.29) is 44.1 Å². The van der Waals surface area contributed by atoms with Crippen LogP contribution in [0.2, 0.25) is 15.1 Å². The number of carbonyl (C=O) groups excluding carboxylic acids is 1. The number of nitrogens with one attached hydrogen (secondary N) is 3. The predicted molar refractivity (Wildman–Crippen MR) is 175 cm³/mol. The van der Waals surface area contributed by atoms with E-state index in [1.54, 1.807) is 24.3 Å². The monoisotopic (exact) mass is 687 g/mol. The number of carbonyl (C=O) groups is 1. The second kappa shape index (κ2) is 14.0. The molecule has 2 aliphatic heterocycles. The van der Waals surface area contributed by atoms with Crippen LogP contribution in [0.4, 0.5) is 5.69 Å². The number of amides is 1. The van der Waals surface area contributed by atoms with Crippen molar-refractivity contribution in [3.63, 3.8) is 0 Å². The lowest BCUT2D eigenvalue weighted by Gasteiger charge is -2.36. The van der Waals surface area contributed by atoms with E-state index in [1.165, 1.54) is 6.26 Å². The zero-order valence-electron chi connectivity index (χ0n) is 23.6. The number of fused-ring (bicyclic) bond motifs is 2. The van der Waals surface area contributed by atoms with Crippen LogP contribution in [0.5, 0.6) is 0 Å². The number of hydrogen-bond acceptors (Lipinski definition) is 6. The van der Waals surface area contributed by atoms with Crippen molar-refractivity contribution in [2.75, 3.05) is 32.5 Å². The molecule has 1 spiro atoms. The Morgan fingerprint density at radius 1 is 1.00 bits per heavy atom. The Hall–Kier alpha value is -1.92. The molecule has 13 heteroatoms. The number of para-hydroxylation sites is 1. The molecule has 0 aliphatic carbocycles. The summed E-state index contributed by atoms with van der Waals surface area (Å²) in [6.45, 7) is 2.31. The summed E-state index contributed by atoms with van der Waals surface area (Å²) < 4.78 is 32.6. The van der Waals surface area contributed by atoms with Crippen molar-refractivity contribution in [3.05, 3.63) is 98.5 Å². The van der Waals surface area contributed by atoms with Gasteiger partial charge in [0.15, 0.2) is 5.69 Å². The molecule has 0 saturated carbocycles. The standard InChI is InChI=1S/C30H33Cl3N4O4S.ClH/c1-42(39,40)37(20-30(12-14-34-15-13-30)24-4-2-3-5-28(24)37)36-29(38)27(19-41-18-21-6-9-23(31)10-7-21)35-17-22-8-11-25(32)26(33)16-22;/h2-11,16,27,34-35H,12-15,17-20H2,1H3;1H/p+1. The van der Waals surface area contributed by atoms with Crippen LogP contribution in [0.1, 0.15) is 29.5 Å². The van der Waals surface area contributed by atoms with Crippen molar-refractivity contribution in [1.29, 1.82) is 0 Å². The molecule has 0 radical (unpaired) electrons. The Morgan fingerprint density at radius 3 is 2.35 bits per heavy atom. The molecule has 2 atom stereocenters. The number of rotatable bonds is 10. The lowest BCUT2D eigenvalue weighted by molar-refractivity contribution is -0.127. The Labute approximate surface area is 274 Å². The molecule has 1 saturated heterocycles. The van der Waals surface area contributed by atoms with Crippen molar-refractivity contribution in [3.8, 4) is 0 Å². The molecule has 232 valence electrons. The van der Waals surface area contributed by atoms with E-state index in [4.69, 9.17) is 39.5 Å². The van der Waals surface area contributed by atoms with Gasteiger partial charge < -0.3 is 10.1 Å². The third kappa shape index (κ3) is 7.32. The molecular formula is C30H35Cl4N4O4S+. The number of halogens is 4. The zero-order chi connectivity index (χ0) is 30.0. The topological polar surface area (TPSA) is 96.5 Å². The Bertz CT molecular complexity index is 1550. The summed E-state index contributed by atoms with van der Waals surface area (Å²) in [6, 6.07) is 19.1. The summed E-state index contributed by atoms with van der Waals surface area (Å²) in [5.74, 6) is -0.489. The Balaban J connectivity index is 0.00000423. The molecule has 5 rings (SSSR count). The highest BCUT2D eigenvalue weighted by atomic mass is 35.5. The highest BCUT2D eigenvalue weighted by Crippen LogP contribution is 2.50. The van der Waals surface area contributed by atoms with Crippen LogP contribution in [0.3, 0.4) is 0 Å². The predicted octanol–water partition coefficient (Wildman–Crippen LogP) is 5.38. The van der Waals surface area contributed by atoms with Crippen molar-refractivity contribution in [1.82, 2.24) is 20.1 Å². The lowest BCUT2D eigenvalue weighted by Crippen LogP contribution is -2.68. The van der Waals surface area contributed by atoms with Gasteiger partial charge in [0.05, 0.1) is 34.9 Å². The minimum Gasteiger partial charge on any atom is -0.375 e. The van der Waals surface area contributed by atoms with Gasteiger partial charge in [0.1, 0.15) is 12.6 Å². The number of hydrogen-bond donors (Lipinski definition) is 3. The molecule has 0 bridgehead atoms. The number of piperidine rings is 1. The van der Waals surface area contributed by atoms with Gasteiger partial charge in [-0.3, -0.25) is 10.1 Å². The number of quaternary nitrogens is 1. The van der Waals surface area contributed by atoms with Gasteiger partial charge in [0.25, 0.3) is 5.91 Å². The maximum Gasteiger partial charge on any atom is 0.321 e. The van der Waals surface area contributed by atoms with Gasteiger partial charge in [-0.1, -0.05) is 75.2 Å². The van der Waals surface area contributed by atoms with Gasteiger partial charge in [-0.15, -0.1) is 12.4 Å². The van der Waals surface area contributed by atoms with Crippen molar-refractivity contribution in [2.24, 2.45) is 0 Å². The van der Waals surface area contributed by atoms with E-state index < -0.39 is 26.0 Å². The van der Waals surface area contributed by atoms with Crippen LogP contribution in [0, 0.1) is 0 Å². The van der Waals surface area contributed by atoms with Crippen LogP contribution >= 0.6 is 47.2 Å². The average Bonchev–Trinajstić information content (AvgIpc) is 3.23. The summed E-state index contributed by atoms with van der Waals surface area (Å²) in [6.07, 6.45) is 2.73. The van der Waals surface area contributed by atoms with E-state index in [9.17, 15) is 13.2 Å². The summed E-state index contributed by atoms with van der Waals surface area (Å²) in [5.41, 5.74) is 5.84. The number of ether oxygens (including phenoxy) is 1. The molecule has 2 heterocycles. The SMILES string of the molecule is CS(=O)(=O)[N+]1(NC(=O)C(COCc2ccc(Cl)cc2)NCc2ccc(Cl)c(Cl)c2)CC2(CCNCC2)c2ccccc21.Cl. The fourth-order valence-electron chi connectivity index (χ4n) is 5.89. The van der Waals surface area contributed by atoms with Crippen LogP contribution in [0.15, 0.2) is 66.7 Å². The number of benzene rings is 3. The highest BCUT2D eigenvalue weighted by Gasteiger charge is 2.60. The number of sulfonamides is 1. The third-order valence-electron chi connectivity index (χ3n) is 8.13. The van der Waals surface area contributed by atoms with E-state index in [1.807, 2.05) is 42.5 Å². The van der Waals surface area contributed by atoms with Gasteiger partial charge >= 0.3 is 10.0 Å². The summed E-state index contributed by atoms with van der Waals surface area (Å²) in [4.78, 5) is 14.1. The smallest absolute Gasteiger partial charge is 0.321 e. The van der Waals surface area contributed by atoms with Crippen LogP contribution in [-0.2, 0) is 38.1 Å². The first-order valence-electron chi connectivity index (χ1n) is 13.7.